The fraction of sp³-hybridized carbons (Fsp3) is 0.240. The second kappa shape index (κ2) is 9.53. The Morgan fingerprint density at radius 3 is 1.81 bits per heavy atom. The van der Waals surface area contributed by atoms with Crippen LogP contribution in [0, 0.1) is 10.1 Å². The molecule has 1 saturated heterocycles. The highest BCUT2D eigenvalue weighted by Gasteiger charge is 2.28. The van der Waals surface area contributed by atoms with Crippen LogP contribution in [0.2, 0.25) is 0 Å². The fourth-order valence-corrected chi connectivity index (χ4v) is 4.14. The summed E-state index contributed by atoms with van der Waals surface area (Å²) in [6, 6.07) is 27.3. The van der Waals surface area contributed by atoms with Gasteiger partial charge in [0.1, 0.15) is 0 Å². The van der Waals surface area contributed by atoms with Gasteiger partial charge in [-0.15, -0.1) is 0 Å². The van der Waals surface area contributed by atoms with E-state index in [1.54, 1.807) is 12.1 Å². The lowest BCUT2D eigenvalue weighted by atomic mass is 9.96. The van der Waals surface area contributed by atoms with E-state index < -0.39 is 4.92 Å². The topological polar surface area (TPSA) is 66.7 Å². The molecule has 1 amide bonds. The predicted molar refractivity (Wildman–Crippen MR) is 120 cm³/mol. The van der Waals surface area contributed by atoms with Gasteiger partial charge in [-0.3, -0.25) is 19.8 Å². The Kier molecular flexibility index (Phi) is 6.38. The number of hydrogen-bond acceptors (Lipinski definition) is 4. The minimum absolute atomic E-state index is 0.0395. The quantitative estimate of drug-likeness (QED) is 0.450. The van der Waals surface area contributed by atoms with Crippen molar-refractivity contribution in [2.45, 2.75) is 12.5 Å². The largest absolute Gasteiger partial charge is 0.340 e. The Hall–Kier alpha value is -3.51. The number of amides is 1. The number of non-ortho nitro benzene ring substituents is 1. The third-order valence-electron chi connectivity index (χ3n) is 5.77. The number of nitrogens with zero attached hydrogens (tertiary/aromatic N) is 3. The highest BCUT2D eigenvalue weighted by atomic mass is 16.6. The second-order valence-electron chi connectivity index (χ2n) is 7.74. The Labute approximate surface area is 181 Å². The summed E-state index contributed by atoms with van der Waals surface area (Å²) in [6.07, 6.45) is 0.263. The highest BCUT2D eigenvalue weighted by Crippen LogP contribution is 2.29. The first-order chi connectivity index (χ1) is 15.1. The Morgan fingerprint density at radius 1 is 0.806 bits per heavy atom. The summed E-state index contributed by atoms with van der Waals surface area (Å²) in [5, 5.41) is 10.8. The number of nitro groups is 1. The molecule has 4 rings (SSSR count). The van der Waals surface area contributed by atoms with Crippen LogP contribution in [0.5, 0.6) is 0 Å². The van der Waals surface area contributed by atoms with E-state index in [2.05, 4.69) is 53.4 Å². The highest BCUT2D eigenvalue weighted by molar-refractivity contribution is 5.79. The van der Waals surface area contributed by atoms with E-state index in [4.69, 9.17) is 0 Å². The van der Waals surface area contributed by atoms with Crippen LogP contribution in [-0.2, 0) is 11.2 Å². The van der Waals surface area contributed by atoms with Crippen molar-refractivity contribution < 1.29 is 9.72 Å². The summed E-state index contributed by atoms with van der Waals surface area (Å²) in [7, 11) is 0. The van der Waals surface area contributed by atoms with E-state index >= 15 is 0 Å². The molecule has 1 aliphatic rings. The summed E-state index contributed by atoms with van der Waals surface area (Å²) < 4.78 is 0. The molecule has 0 radical (unpaired) electrons. The first kappa shape index (κ1) is 20.8. The molecule has 0 saturated carbocycles. The zero-order chi connectivity index (χ0) is 21.6. The maximum Gasteiger partial charge on any atom is 0.269 e. The lowest BCUT2D eigenvalue weighted by molar-refractivity contribution is -0.384. The molecule has 3 aromatic carbocycles. The van der Waals surface area contributed by atoms with Crippen molar-refractivity contribution in [2.24, 2.45) is 0 Å². The SMILES string of the molecule is O=C(Cc1ccc([N+](=O)[O-])cc1)N1CCN(C(c2ccccc2)c2ccccc2)CC1. The minimum Gasteiger partial charge on any atom is -0.340 e. The van der Waals surface area contributed by atoms with Crippen molar-refractivity contribution in [3.63, 3.8) is 0 Å². The van der Waals surface area contributed by atoms with Crippen LogP contribution < -0.4 is 0 Å². The number of piperazine rings is 1. The molecule has 0 spiro atoms. The molecule has 31 heavy (non-hydrogen) atoms. The van der Waals surface area contributed by atoms with Crippen LogP contribution in [0.1, 0.15) is 22.7 Å². The van der Waals surface area contributed by atoms with Crippen molar-refractivity contribution in [1.29, 1.82) is 0 Å². The number of rotatable bonds is 6. The van der Waals surface area contributed by atoms with Crippen LogP contribution in [-0.4, -0.2) is 46.8 Å². The number of hydrogen-bond donors (Lipinski definition) is 0. The van der Waals surface area contributed by atoms with Crippen molar-refractivity contribution >= 4 is 11.6 Å². The zero-order valence-corrected chi connectivity index (χ0v) is 17.3. The normalized spacial score (nSPS) is 14.5. The van der Waals surface area contributed by atoms with Crippen LogP contribution >= 0.6 is 0 Å². The Bertz CT molecular complexity index is 975. The lowest BCUT2D eigenvalue weighted by Gasteiger charge is -2.40. The van der Waals surface area contributed by atoms with Crippen LogP contribution in [0.3, 0.4) is 0 Å². The Morgan fingerprint density at radius 2 is 1.32 bits per heavy atom. The first-order valence-electron chi connectivity index (χ1n) is 10.5. The van der Waals surface area contributed by atoms with Crippen molar-refractivity contribution in [3.8, 4) is 0 Å². The summed E-state index contributed by atoms with van der Waals surface area (Å²) in [6.45, 7) is 2.92. The van der Waals surface area contributed by atoms with Gasteiger partial charge < -0.3 is 4.90 Å². The third kappa shape index (κ3) is 4.98. The van der Waals surface area contributed by atoms with Gasteiger partial charge in [0.05, 0.1) is 17.4 Å². The maximum atomic E-state index is 12.8. The van der Waals surface area contributed by atoms with Crippen LogP contribution in [0.25, 0.3) is 0 Å². The molecule has 158 valence electrons. The molecule has 1 aliphatic heterocycles. The number of nitro benzene ring substituents is 1. The molecule has 6 heteroatoms. The first-order valence-corrected chi connectivity index (χ1v) is 10.5. The summed E-state index contributed by atoms with van der Waals surface area (Å²) in [5.74, 6) is 0.0597. The van der Waals surface area contributed by atoms with E-state index in [-0.39, 0.29) is 24.1 Å². The van der Waals surface area contributed by atoms with Crippen LogP contribution in [0.15, 0.2) is 84.9 Å². The molecule has 1 heterocycles. The van der Waals surface area contributed by atoms with Gasteiger partial charge in [0, 0.05) is 38.3 Å². The minimum atomic E-state index is -0.430. The van der Waals surface area contributed by atoms with E-state index in [1.165, 1.54) is 23.3 Å². The van der Waals surface area contributed by atoms with Crippen molar-refractivity contribution in [1.82, 2.24) is 9.80 Å². The van der Waals surface area contributed by atoms with Gasteiger partial charge in [0.15, 0.2) is 0 Å². The van der Waals surface area contributed by atoms with E-state index in [1.807, 2.05) is 17.0 Å². The molecule has 0 N–H and O–H groups in total. The monoisotopic (exact) mass is 415 g/mol. The number of benzene rings is 3. The molecular formula is C25H25N3O3. The molecule has 0 bridgehead atoms. The number of carbonyl (C=O) groups excluding carboxylic acids is 1. The van der Waals surface area contributed by atoms with Gasteiger partial charge in [0.25, 0.3) is 5.69 Å². The fourth-order valence-electron chi connectivity index (χ4n) is 4.14. The van der Waals surface area contributed by atoms with Gasteiger partial charge in [-0.05, 0) is 16.7 Å². The average Bonchev–Trinajstić information content (AvgIpc) is 2.81. The van der Waals surface area contributed by atoms with Crippen molar-refractivity contribution in [3.05, 3.63) is 112 Å². The smallest absolute Gasteiger partial charge is 0.269 e. The summed E-state index contributed by atoms with van der Waals surface area (Å²) in [5.41, 5.74) is 3.33. The van der Waals surface area contributed by atoms with Gasteiger partial charge in [-0.25, -0.2) is 0 Å². The molecule has 0 aliphatic carbocycles. The van der Waals surface area contributed by atoms with E-state index in [9.17, 15) is 14.9 Å². The second-order valence-corrected chi connectivity index (χ2v) is 7.74. The average molecular weight is 415 g/mol. The van der Waals surface area contributed by atoms with E-state index in [0.717, 1.165) is 18.7 Å². The van der Waals surface area contributed by atoms with Gasteiger partial charge in [-0.2, -0.15) is 0 Å². The van der Waals surface area contributed by atoms with Gasteiger partial charge in [0.2, 0.25) is 5.91 Å². The van der Waals surface area contributed by atoms with E-state index in [0.29, 0.717) is 13.1 Å². The van der Waals surface area contributed by atoms with Crippen molar-refractivity contribution in [2.75, 3.05) is 26.2 Å². The molecule has 0 unspecified atom stereocenters. The molecule has 0 atom stereocenters. The third-order valence-corrected chi connectivity index (χ3v) is 5.77. The lowest BCUT2D eigenvalue weighted by Crippen LogP contribution is -2.50. The molecule has 1 fully saturated rings. The molecular weight excluding hydrogens is 390 g/mol. The Balaban J connectivity index is 1.41. The molecule has 0 aromatic heterocycles. The van der Waals surface area contributed by atoms with Crippen LogP contribution in [0.4, 0.5) is 5.69 Å². The summed E-state index contributed by atoms with van der Waals surface area (Å²) in [4.78, 5) is 27.5. The molecule has 6 nitrogen and oxygen atoms in total. The number of carbonyl (C=O) groups is 1. The van der Waals surface area contributed by atoms with Gasteiger partial charge >= 0.3 is 0 Å². The van der Waals surface area contributed by atoms with Gasteiger partial charge in [-0.1, -0.05) is 72.8 Å². The predicted octanol–water partition coefficient (Wildman–Crippen LogP) is 4.07. The molecule has 3 aromatic rings. The zero-order valence-electron chi connectivity index (χ0n) is 17.3. The maximum absolute atomic E-state index is 12.8. The summed E-state index contributed by atoms with van der Waals surface area (Å²) >= 11 is 0. The standard InChI is InChI=1S/C25H25N3O3/c29-24(19-20-11-13-23(14-12-20)28(30)31)26-15-17-27(18-16-26)25(21-7-3-1-4-8-21)22-9-5-2-6-10-22/h1-14,25H,15-19H2.